The Balaban J connectivity index is 1.98. The van der Waals surface area contributed by atoms with E-state index in [1.165, 1.54) is 0 Å². The van der Waals surface area contributed by atoms with Crippen molar-refractivity contribution < 1.29 is 19.4 Å². The second kappa shape index (κ2) is 7.09. The van der Waals surface area contributed by atoms with Crippen LogP contribution in [-0.4, -0.2) is 22.2 Å². The van der Waals surface area contributed by atoms with E-state index in [-0.39, 0.29) is 13.2 Å². The number of imide groups is 1. The summed E-state index contributed by atoms with van der Waals surface area (Å²) in [4.78, 5) is 23.7. The molecule has 0 aliphatic heterocycles. The Morgan fingerprint density at radius 2 is 1.43 bits per heavy atom. The van der Waals surface area contributed by atoms with Crippen molar-refractivity contribution in [2.75, 3.05) is 0 Å². The predicted molar refractivity (Wildman–Crippen MR) is 76.6 cm³/mol. The molecule has 2 rings (SSSR count). The van der Waals surface area contributed by atoms with Gasteiger partial charge in [-0.15, -0.1) is 0 Å². The molecule has 0 heterocycles. The van der Waals surface area contributed by atoms with Crippen molar-refractivity contribution in [3.63, 3.8) is 0 Å². The van der Waals surface area contributed by atoms with E-state index in [9.17, 15) is 9.59 Å². The third-order valence-corrected chi connectivity index (χ3v) is 2.84. The fourth-order valence-corrected chi connectivity index (χ4v) is 1.77. The number of rotatable bonds is 4. The molecule has 0 bridgehead atoms. The average molecular weight is 285 g/mol. The number of benzene rings is 2. The van der Waals surface area contributed by atoms with E-state index in [1.54, 1.807) is 36.4 Å². The monoisotopic (exact) mass is 285 g/mol. The zero-order chi connectivity index (χ0) is 15.1. The summed E-state index contributed by atoms with van der Waals surface area (Å²) in [7, 11) is 0. The smallest absolute Gasteiger partial charge is 0.419 e. The van der Waals surface area contributed by atoms with Crippen molar-refractivity contribution >= 4 is 12.2 Å². The van der Waals surface area contributed by atoms with E-state index >= 15 is 0 Å². The van der Waals surface area contributed by atoms with Gasteiger partial charge in [-0.25, -0.2) is 14.5 Å². The van der Waals surface area contributed by atoms with Crippen molar-refractivity contribution in [2.24, 2.45) is 0 Å². The molecule has 0 saturated heterocycles. The number of carbonyl (C=O) groups is 2. The van der Waals surface area contributed by atoms with Gasteiger partial charge in [0, 0.05) is 0 Å². The first kappa shape index (κ1) is 14.6. The molecule has 0 spiro atoms. The maximum Gasteiger partial charge on any atom is 0.419 e. The molecule has 2 aromatic rings. The molecule has 108 valence electrons. The summed E-state index contributed by atoms with van der Waals surface area (Å²) in [5.74, 6) is 0. The Morgan fingerprint density at radius 3 is 1.95 bits per heavy atom. The summed E-state index contributed by atoms with van der Waals surface area (Å²) in [5, 5.41) is 9.13. The highest BCUT2D eigenvalue weighted by Crippen LogP contribution is 2.08. The van der Waals surface area contributed by atoms with E-state index in [0.29, 0.717) is 4.90 Å². The van der Waals surface area contributed by atoms with Gasteiger partial charge in [-0.3, -0.25) is 0 Å². The summed E-state index contributed by atoms with van der Waals surface area (Å²) in [6.45, 7) is 0.00202. The summed E-state index contributed by atoms with van der Waals surface area (Å²) in [6.07, 6.45) is -2.22. The van der Waals surface area contributed by atoms with Crippen LogP contribution in [0, 0.1) is 0 Å². The fraction of sp³-hybridized carbons (Fsp3) is 0.125. The topological polar surface area (TPSA) is 66.8 Å². The van der Waals surface area contributed by atoms with E-state index in [0.717, 1.165) is 11.1 Å². The molecule has 2 aromatic carbocycles. The van der Waals surface area contributed by atoms with Crippen LogP contribution in [0.3, 0.4) is 0 Å². The minimum absolute atomic E-state index is 0.0379. The average Bonchev–Trinajstić information content (AvgIpc) is 2.52. The lowest BCUT2D eigenvalue weighted by atomic mass is 10.2. The van der Waals surface area contributed by atoms with Crippen molar-refractivity contribution in [1.82, 2.24) is 4.90 Å². The molecule has 0 atom stereocenters. The number of amides is 2. The van der Waals surface area contributed by atoms with E-state index in [2.05, 4.69) is 0 Å². The molecule has 1 N–H and O–H groups in total. The second-order valence-electron chi connectivity index (χ2n) is 4.39. The van der Waals surface area contributed by atoms with Crippen LogP contribution < -0.4 is 0 Å². The number of hydrogen-bond acceptors (Lipinski definition) is 3. The summed E-state index contributed by atoms with van der Waals surface area (Å²) in [6, 6.07) is 18.0. The lowest BCUT2D eigenvalue weighted by Gasteiger charge is -2.17. The van der Waals surface area contributed by atoms with Crippen LogP contribution in [0.25, 0.3) is 0 Å². The molecule has 0 aliphatic rings. The fourth-order valence-electron chi connectivity index (χ4n) is 1.77. The maximum atomic E-state index is 11.9. The van der Waals surface area contributed by atoms with Crippen LogP contribution in [0.4, 0.5) is 9.59 Å². The first-order valence-corrected chi connectivity index (χ1v) is 6.42. The van der Waals surface area contributed by atoms with Crippen molar-refractivity contribution in [3.8, 4) is 0 Å². The zero-order valence-electron chi connectivity index (χ0n) is 11.3. The third-order valence-electron chi connectivity index (χ3n) is 2.84. The first-order chi connectivity index (χ1) is 10.2. The quantitative estimate of drug-likeness (QED) is 0.933. The lowest BCUT2D eigenvalue weighted by Crippen LogP contribution is -2.35. The van der Waals surface area contributed by atoms with Gasteiger partial charge in [0.15, 0.2) is 0 Å². The minimum Gasteiger partial charge on any atom is -0.465 e. The Bertz CT molecular complexity index is 598. The van der Waals surface area contributed by atoms with Crippen molar-refractivity contribution in [1.29, 1.82) is 0 Å². The Kier molecular flexibility index (Phi) is 4.93. The van der Waals surface area contributed by atoms with Crippen molar-refractivity contribution in [2.45, 2.75) is 13.2 Å². The lowest BCUT2D eigenvalue weighted by molar-refractivity contribution is 0.0874. The summed E-state index contributed by atoms with van der Waals surface area (Å²) >= 11 is 0. The van der Waals surface area contributed by atoms with Crippen molar-refractivity contribution in [3.05, 3.63) is 71.8 Å². The van der Waals surface area contributed by atoms with E-state index < -0.39 is 12.2 Å². The highest BCUT2D eigenvalue weighted by molar-refractivity contribution is 5.86. The van der Waals surface area contributed by atoms with E-state index in [1.807, 2.05) is 24.3 Å². The zero-order valence-corrected chi connectivity index (χ0v) is 11.3. The second-order valence-corrected chi connectivity index (χ2v) is 4.39. The summed E-state index contributed by atoms with van der Waals surface area (Å²) in [5.41, 5.74) is 1.52. The van der Waals surface area contributed by atoms with Gasteiger partial charge in [-0.05, 0) is 11.1 Å². The molecule has 0 aliphatic carbocycles. The first-order valence-electron chi connectivity index (χ1n) is 6.42. The minimum atomic E-state index is -1.34. The van der Waals surface area contributed by atoms with Gasteiger partial charge in [0.2, 0.25) is 0 Å². The van der Waals surface area contributed by atoms with Crippen LogP contribution in [0.5, 0.6) is 0 Å². The number of hydrogen-bond donors (Lipinski definition) is 1. The van der Waals surface area contributed by atoms with Gasteiger partial charge in [0.1, 0.15) is 6.61 Å². The number of nitrogens with zero attached hydrogens (tertiary/aromatic N) is 1. The molecule has 5 nitrogen and oxygen atoms in total. The van der Waals surface area contributed by atoms with Crippen LogP contribution in [-0.2, 0) is 17.9 Å². The molecular formula is C16H15NO4. The molecule has 0 unspecified atom stereocenters. The van der Waals surface area contributed by atoms with E-state index in [4.69, 9.17) is 9.84 Å². The number of ether oxygens (including phenoxy) is 1. The van der Waals surface area contributed by atoms with Gasteiger partial charge in [0.25, 0.3) is 0 Å². The predicted octanol–water partition coefficient (Wildman–Crippen LogP) is 3.50. The largest absolute Gasteiger partial charge is 0.465 e. The normalized spacial score (nSPS) is 9.90. The number of carboxylic acid groups (broad SMARTS) is 1. The van der Waals surface area contributed by atoms with Gasteiger partial charge < -0.3 is 9.84 Å². The standard InChI is InChI=1S/C16H15NO4/c18-15(19)17(11-13-7-3-1-4-8-13)16(20)21-12-14-9-5-2-6-10-14/h1-10H,11-12H2,(H,18,19). The molecular weight excluding hydrogens is 270 g/mol. The summed E-state index contributed by atoms with van der Waals surface area (Å²) < 4.78 is 5.03. The van der Waals surface area contributed by atoms with Crippen LogP contribution >= 0.6 is 0 Å². The van der Waals surface area contributed by atoms with Gasteiger partial charge in [-0.2, -0.15) is 0 Å². The Labute approximate surface area is 122 Å². The highest BCUT2D eigenvalue weighted by Gasteiger charge is 2.22. The molecule has 0 aromatic heterocycles. The third kappa shape index (κ3) is 4.35. The molecule has 2 amide bonds. The molecule has 5 heteroatoms. The Hall–Kier alpha value is -2.82. The van der Waals surface area contributed by atoms with Gasteiger partial charge >= 0.3 is 12.2 Å². The van der Waals surface area contributed by atoms with Gasteiger partial charge in [0.05, 0.1) is 6.54 Å². The Morgan fingerprint density at radius 1 is 0.905 bits per heavy atom. The molecule has 0 fully saturated rings. The maximum absolute atomic E-state index is 11.9. The van der Waals surface area contributed by atoms with Crippen LogP contribution in [0.1, 0.15) is 11.1 Å². The molecule has 0 radical (unpaired) electrons. The van der Waals surface area contributed by atoms with Gasteiger partial charge in [-0.1, -0.05) is 60.7 Å². The highest BCUT2D eigenvalue weighted by atomic mass is 16.6. The van der Waals surface area contributed by atoms with Crippen LogP contribution in [0.15, 0.2) is 60.7 Å². The molecule has 0 saturated carbocycles. The SMILES string of the molecule is O=C(O)N(Cc1ccccc1)C(=O)OCc1ccccc1. The molecule has 21 heavy (non-hydrogen) atoms. The number of carbonyl (C=O) groups excluding carboxylic acids is 1. The van der Waals surface area contributed by atoms with Crippen LogP contribution in [0.2, 0.25) is 0 Å².